The first-order valence-electron chi connectivity index (χ1n) is 8.03. The number of benzene rings is 2. The molecule has 0 amide bonds. The molecule has 0 aliphatic carbocycles. The van der Waals surface area contributed by atoms with Gasteiger partial charge in [-0.2, -0.15) is 5.10 Å². The van der Waals surface area contributed by atoms with E-state index in [9.17, 15) is 13.6 Å². The molecule has 0 saturated carbocycles. The molecule has 0 saturated heterocycles. The highest BCUT2D eigenvalue weighted by atomic mass is 35.5. The van der Waals surface area contributed by atoms with Crippen molar-refractivity contribution >= 4 is 29.1 Å². The average molecular weight is 419 g/mol. The fourth-order valence-corrected chi connectivity index (χ4v) is 3.15. The lowest BCUT2D eigenvalue weighted by Gasteiger charge is -2.03. The number of carbonyl (C=O) groups excluding carboxylic acids is 1. The maximum absolute atomic E-state index is 13.9. The van der Waals surface area contributed by atoms with Gasteiger partial charge in [0.2, 0.25) is 0 Å². The minimum absolute atomic E-state index is 0.121. The largest absolute Gasteiger partial charge is 0.454 e. The Hall–Kier alpha value is -2.96. The Morgan fingerprint density at radius 1 is 0.964 bits per heavy atom. The molecule has 140 valence electrons. The average Bonchev–Trinajstić information content (AvgIpc) is 3.31. The quantitative estimate of drug-likeness (QED) is 0.404. The van der Waals surface area contributed by atoms with Crippen LogP contribution in [0.15, 0.2) is 65.2 Å². The Kier molecular flexibility index (Phi) is 4.75. The van der Waals surface area contributed by atoms with Crippen molar-refractivity contribution < 1.29 is 18.0 Å². The summed E-state index contributed by atoms with van der Waals surface area (Å²) in [5.41, 5.74) is 0.734. The van der Waals surface area contributed by atoms with Crippen molar-refractivity contribution in [2.45, 2.75) is 0 Å². The summed E-state index contributed by atoms with van der Waals surface area (Å²) in [6, 6.07) is 12.5. The highest BCUT2D eigenvalue weighted by Gasteiger charge is 2.17. The third kappa shape index (κ3) is 3.44. The zero-order valence-electron chi connectivity index (χ0n) is 14.0. The van der Waals surface area contributed by atoms with E-state index in [-0.39, 0.29) is 21.9 Å². The predicted molar refractivity (Wildman–Crippen MR) is 101 cm³/mol. The van der Waals surface area contributed by atoms with Gasteiger partial charge in [-0.25, -0.2) is 13.5 Å². The summed E-state index contributed by atoms with van der Waals surface area (Å²) in [6.45, 7) is 0. The number of hydrogen-bond donors (Lipinski definition) is 0. The molecule has 2 heterocycles. The fraction of sp³-hybridized carbons (Fsp3) is 0. The minimum Gasteiger partial charge on any atom is -0.454 e. The van der Waals surface area contributed by atoms with Crippen LogP contribution < -0.4 is 0 Å². The second-order valence-corrected chi connectivity index (χ2v) is 6.71. The molecule has 0 bridgehead atoms. The van der Waals surface area contributed by atoms with Gasteiger partial charge in [0.25, 0.3) is 5.91 Å². The molecule has 0 spiro atoms. The van der Waals surface area contributed by atoms with Crippen LogP contribution >= 0.6 is 23.2 Å². The number of aromatic nitrogens is 2. The second kappa shape index (κ2) is 7.22. The van der Waals surface area contributed by atoms with Crippen LogP contribution in [0.4, 0.5) is 8.78 Å². The van der Waals surface area contributed by atoms with Crippen molar-refractivity contribution in [2.75, 3.05) is 0 Å². The second-order valence-electron chi connectivity index (χ2n) is 5.86. The zero-order valence-corrected chi connectivity index (χ0v) is 15.5. The summed E-state index contributed by atoms with van der Waals surface area (Å²) in [7, 11) is 0. The molecule has 0 radical (unpaired) electrons. The Balaban J connectivity index is 1.63. The summed E-state index contributed by atoms with van der Waals surface area (Å²) >= 11 is 11.9. The molecule has 0 aliphatic heterocycles. The Labute approximate surface area is 167 Å². The lowest BCUT2D eigenvalue weighted by atomic mass is 10.1. The number of rotatable bonds is 3. The van der Waals surface area contributed by atoms with Crippen LogP contribution in [0.3, 0.4) is 0 Å². The number of nitrogens with zero attached hydrogens (tertiary/aromatic N) is 2. The number of hydrogen-bond acceptors (Lipinski definition) is 3. The van der Waals surface area contributed by atoms with Gasteiger partial charge in [-0.1, -0.05) is 23.2 Å². The normalized spacial score (nSPS) is 11.0. The summed E-state index contributed by atoms with van der Waals surface area (Å²) in [5.74, 6) is -1.31. The van der Waals surface area contributed by atoms with E-state index in [0.717, 1.165) is 16.8 Å². The maximum atomic E-state index is 13.9. The Bertz CT molecular complexity index is 1200. The monoisotopic (exact) mass is 418 g/mol. The van der Waals surface area contributed by atoms with E-state index < -0.39 is 17.5 Å². The summed E-state index contributed by atoms with van der Waals surface area (Å²) in [5, 5.41) is 4.82. The van der Waals surface area contributed by atoms with E-state index in [1.165, 1.54) is 24.4 Å². The molecule has 0 unspecified atom stereocenters. The minimum atomic E-state index is -0.737. The summed E-state index contributed by atoms with van der Waals surface area (Å²) in [4.78, 5) is 12.6. The van der Waals surface area contributed by atoms with E-state index in [0.29, 0.717) is 16.5 Å². The SMILES string of the molecule is O=C(c1ccc(Cl)cc1Cl)n1ccc(-c2ccc(-c3ccc(F)cc3F)o2)n1. The lowest BCUT2D eigenvalue weighted by Crippen LogP contribution is -2.13. The molecule has 4 aromatic rings. The Morgan fingerprint density at radius 3 is 2.50 bits per heavy atom. The predicted octanol–water partition coefficient (Wildman–Crippen LogP) is 6.08. The van der Waals surface area contributed by atoms with E-state index in [1.807, 2.05) is 0 Å². The molecule has 28 heavy (non-hydrogen) atoms. The summed E-state index contributed by atoms with van der Waals surface area (Å²) in [6.07, 6.45) is 1.46. The van der Waals surface area contributed by atoms with Gasteiger partial charge in [0.1, 0.15) is 23.1 Å². The van der Waals surface area contributed by atoms with Crippen LogP contribution in [0.5, 0.6) is 0 Å². The smallest absolute Gasteiger partial charge is 0.279 e. The molecule has 0 N–H and O–H groups in total. The van der Waals surface area contributed by atoms with Crippen molar-refractivity contribution in [1.29, 1.82) is 0 Å². The maximum Gasteiger partial charge on any atom is 0.279 e. The first kappa shape index (κ1) is 18.4. The van der Waals surface area contributed by atoms with Gasteiger partial charge < -0.3 is 4.42 Å². The standard InChI is InChI=1S/C20H10Cl2F2N2O2/c21-11-1-3-13(15(22)9-11)20(27)26-8-7-17(25-26)19-6-5-18(28-19)14-4-2-12(23)10-16(14)24/h1-10H. The van der Waals surface area contributed by atoms with E-state index in [2.05, 4.69) is 5.10 Å². The van der Waals surface area contributed by atoms with Crippen molar-refractivity contribution in [2.24, 2.45) is 0 Å². The van der Waals surface area contributed by atoms with Gasteiger partial charge in [0.05, 0.1) is 16.1 Å². The fourth-order valence-electron chi connectivity index (χ4n) is 2.66. The van der Waals surface area contributed by atoms with Crippen molar-refractivity contribution in [3.8, 4) is 22.8 Å². The van der Waals surface area contributed by atoms with Crippen LogP contribution in [-0.2, 0) is 0 Å². The summed E-state index contributed by atoms with van der Waals surface area (Å²) < 4.78 is 33.7. The Morgan fingerprint density at radius 2 is 1.75 bits per heavy atom. The highest BCUT2D eigenvalue weighted by molar-refractivity contribution is 6.36. The molecular formula is C20H10Cl2F2N2O2. The molecule has 0 aliphatic rings. The molecule has 0 atom stereocenters. The van der Waals surface area contributed by atoms with Crippen LogP contribution in [0, 0.1) is 11.6 Å². The third-order valence-corrected chi connectivity index (χ3v) is 4.56. The molecular weight excluding hydrogens is 409 g/mol. The number of halogens is 4. The van der Waals surface area contributed by atoms with Crippen molar-refractivity contribution in [3.63, 3.8) is 0 Å². The molecule has 2 aromatic carbocycles. The van der Waals surface area contributed by atoms with Crippen molar-refractivity contribution in [1.82, 2.24) is 9.78 Å². The van der Waals surface area contributed by atoms with E-state index in [1.54, 1.807) is 24.3 Å². The van der Waals surface area contributed by atoms with Gasteiger partial charge in [0.15, 0.2) is 5.76 Å². The lowest BCUT2D eigenvalue weighted by molar-refractivity contribution is 0.0945. The van der Waals surface area contributed by atoms with Gasteiger partial charge in [-0.3, -0.25) is 4.79 Å². The van der Waals surface area contributed by atoms with Gasteiger partial charge in [-0.05, 0) is 48.5 Å². The number of carbonyl (C=O) groups is 1. The van der Waals surface area contributed by atoms with Crippen LogP contribution in [0.2, 0.25) is 10.0 Å². The molecule has 2 aromatic heterocycles. The highest BCUT2D eigenvalue weighted by Crippen LogP contribution is 2.30. The van der Waals surface area contributed by atoms with E-state index >= 15 is 0 Å². The molecule has 4 nitrogen and oxygen atoms in total. The van der Waals surface area contributed by atoms with Crippen LogP contribution in [-0.4, -0.2) is 15.7 Å². The molecule has 0 fully saturated rings. The number of furan rings is 1. The first-order valence-corrected chi connectivity index (χ1v) is 8.79. The van der Waals surface area contributed by atoms with Crippen LogP contribution in [0.25, 0.3) is 22.8 Å². The van der Waals surface area contributed by atoms with E-state index in [4.69, 9.17) is 27.6 Å². The van der Waals surface area contributed by atoms with Gasteiger partial charge >= 0.3 is 0 Å². The molecule has 4 rings (SSSR count). The zero-order chi connectivity index (χ0) is 19.8. The van der Waals surface area contributed by atoms with Gasteiger partial charge in [0, 0.05) is 17.3 Å². The van der Waals surface area contributed by atoms with Crippen molar-refractivity contribution in [3.05, 3.63) is 88.0 Å². The first-order chi connectivity index (χ1) is 13.4. The third-order valence-electron chi connectivity index (χ3n) is 4.01. The van der Waals surface area contributed by atoms with Gasteiger partial charge in [-0.15, -0.1) is 0 Å². The molecule has 8 heteroatoms. The van der Waals surface area contributed by atoms with Crippen LogP contribution in [0.1, 0.15) is 10.4 Å². The topological polar surface area (TPSA) is 48.0 Å².